The van der Waals surface area contributed by atoms with Crippen LogP contribution in [0.5, 0.6) is 0 Å². The maximum atomic E-state index is 4.32. The zero-order valence-corrected chi connectivity index (χ0v) is 9.97. The molecule has 1 atom stereocenters. The van der Waals surface area contributed by atoms with Crippen molar-refractivity contribution >= 4 is 39.8 Å². The van der Waals surface area contributed by atoms with Crippen molar-refractivity contribution in [1.29, 1.82) is 0 Å². The Morgan fingerprint density at radius 3 is 2.73 bits per heavy atom. The number of benzene rings is 2. The third-order valence-electron chi connectivity index (χ3n) is 2.58. The zero-order chi connectivity index (χ0) is 10.1. The summed E-state index contributed by atoms with van der Waals surface area (Å²) in [5, 5.41) is 2.76. The minimum absolute atomic E-state index is 0.796. The van der Waals surface area contributed by atoms with Gasteiger partial charge in [-0.3, -0.25) is 0 Å². The summed E-state index contributed by atoms with van der Waals surface area (Å²) in [5.41, 5.74) is 1.02. The van der Waals surface area contributed by atoms with Crippen molar-refractivity contribution in [3.63, 3.8) is 0 Å². The number of rotatable bonds is 1. The molecule has 0 aliphatic carbocycles. The Morgan fingerprint density at radius 1 is 1.00 bits per heavy atom. The van der Waals surface area contributed by atoms with Crippen molar-refractivity contribution in [3.8, 4) is 0 Å². The maximum absolute atomic E-state index is 4.32. The molecule has 1 heterocycles. The molecule has 0 aromatic heterocycles. The molecule has 0 saturated heterocycles. The van der Waals surface area contributed by atoms with E-state index in [1.54, 1.807) is 0 Å². The van der Waals surface area contributed by atoms with Gasteiger partial charge in [-0.05, 0) is 0 Å². The van der Waals surface area contributed by atoms with E-state index in [2.05, 4.69) is 52.4 Å². The molecule has 2 aromatic carbocycles. The van der Waals surface area contributed by atoms with Gasteiger partial charge in [0.1, 0.15) is 0 Å². The molecule has 0 fully saturated rings. The van der Waals surface area contributed by atoms with E-state index in [1.807, 2.05) is 6.21 Å². The van der Waals surface area contributed by atoms with E-state index in [4.69, 9.17) is 0 Å². The number of hydrogen-bond acceptors (Lipinski definition) is 1. The third kappa shape index (κ3) is 1.56. The Morgan fingerprint density at radius 2 is 1.87 bits per heavy atom. The fraction of sp³-hybridized carbons (Fsp3) is 0.0769. The monoisotopic (exact) mass is 261 g/mol. The summed E-state index contributed by atoms with van der Waals surface area (Å²) in [6.07, 6.45) is 1.98. The minimum atomic E-state index is -0.796. The first-order chi connectivity index (χ1) is 7.45. The van der Waals surface area contributed by atoms with Crippen LogP contribution in [0.1, 0.15) is 0 Å². The van der Waals surface area contributed by atoms with Gasteiger partial charge in [0.15, 0.2) is 0 Å². The predicted molar refractivity (Wildman–Crippen MR) is 68.8 cm³/mol. The van der Waals surface area contributed by atoms with Crippen molar-refractivity contribution in [2.45, 2.75) is 0 Å². The second kappa shape index (κ2) is 3.73. The van der Waals surface area contributed by atoms with E-state index < -0.39 is 13.5 Å². The summed E-state index contributed by atoms with van der Waals surface area (Å²) in [7, 11) is 0. The Balaban J connectivity index is 2.26. The molecule has 15 heavy (non-hydrogen) atoms. The van der Waals surface area contributed by atoms with E-state index >= 15 is 0 Å². The predicted octanol–water partition coefficient (Wildman–Crippen LogP) is 1.55. The van der Waals surface area contributed by atoms with Crippen LogP contribution in [0.4, 0.5) is 0 Å². The molecule has 74 valence electrons. The van der Waals surface area contributed by atoms with Crippen LogP contribution in [0.3, 0.4) is 0 Å². The molecule has 0 radical (unpaired) electrons. The van der Waals surface area contributed by atoms with Crippen molar-refractivity contribution in [2.75, 3.05) is 5.44 Å². The average Bonchev–Trinajstić information content (AvgIpc) is 2.82. The van der Waals surface area contributed by atoms with Crippen LogP contribution in [0.25, 0.3) is 10.8 Å². The Labute approximate surface area is 92.9 Å². The van der Waals surface area contributed by atoms with E-state index in [0.717, 1.165) is 5.44 Å². The van der Waals surface area contributed by atoms with Crippen molar-refractivity contribution in [1.82, 2.24) is 0 Å². The molecular formula is C13H11NSe. The number of aliphatic imine (C=N–C) groups is 1. The van der Waals surface area contributed by atoms with Gasteiger partial charge < -0.3 is 0 Å². The molecule has 0 N–H and O–H groups in total. The standard InChI is InChI=1S/C13H11NSe/c1-2-6-12-11(4-1)5-3-7-13(12)15-9-8-14-10-15/h1-9H,10H2. The summed E-state index contributed by atoms with van der Waals surface area (Å²) >= 11 is -0.796. The second-order valence-corrected chi connectivity index (χ2v) is 7.34. The van der Waals surface area contributed by atoms with Crippen molar-refractivity contribution in [2.24, 2.45) is 4.99 Å². The van der Waals surface area contributed by atoms with Gasteiger partial charge in [-0.25, -0.2) is 0 Å². The zero-order valence-electron chi connectivity index (χ0n) is 8.26. The normalized spacial score (nSPS) is 19.3. The quantitative estimate of drug-likeness (QED) is 0.690. The third-order valence-corrected chi connectivity index (χ3v) is 6.35. The van der Waals surface area contributed by atoms with Crippen LogP contribution in [0.2, 0.25) is 0 Å². The molecule has 1 unspecified atom stereocenters. The summed E-state index contributed by atoms with van der Waals surface area (Å²) in [4.78, 5) is 6.63. The first kappa shape index (κ1) is 9.02. The van der Waals surface area contributed by atoms with Gasteiger partial charge in [-0.1, -0.05) is 0 Å². The van der Waals surface area contributed by atoms with E-state index in [9.17, 15) is 0 Å². The molecule has 0 saturated carbocycles. The van der Waals surface area contributed by atoms with E-state index in [0.29, 0.717) is 0 Å². The topological polar surface area (TPSA) is 12.4 Å². The molecule has 0 spiro atoms. The second-order valence-electron chi connectivity index (χ2n) is 3.50. The van der Waals surface area contributed by atoms with Gasteiger partial charge in [0.2, 0.25) is 0 Å². The Kier molecular flexibility index (Phi) is 2.24. The van der Waals surface area contributed by atoms with Crippen LogP contribution in [0.15, 0.2) is 47.5 Å². The molecular weight excluding hydrogens is 249 g/mol. The average molecular weight is 260 g/mol. The summed E-state index contributed by atoms with van der Waals surface area (Å²) in [6.45, 7) is 0. The number of nitrogens with zero attached hydrogens (tertiary/aromatic N) is 1. The Hall–Kier alpha value is -1.24. The van der Waals surface area contributed by atoms with Crippen LogP contribution in [-0.4, -0.2) is 30.0 Å². The first-order valence-electron chi connectivity index (χ1n) is 4.96. The fourth-order valence-corrected chi connectivity index (χ4v) is 5.15. The fourth-order valence-electron chi connectivity index (χ4n) is 1.85. The summed E-state index contributed by atoms with van der Waals surface area (Å²) < 4.78 is 1.52. The van der Waals surface area contributed by atoms with Crippen LogP contribution in [-0.2, 0) is 0 Å². The summed E-state index contributed by atoms with van der Waals surface area (Å²) in [6, 6.07) is 15.2. The van der Waals surface area contributed by atoms with Gasteiger partial charge in [0, 0.05) is 0 Å². The number of hydrogen-bond donors (Lipinski definition) is 0. The molecule has 1 aliphatic heterocycles. The van der Waals surface area contributed by atoms with Crippen molar-refractivity contribution in [3.05, 3.63) is 42.5 Å². The van der Waals surface area contributed by atoms with Crippen LogP contribution >= 0.6 is 0 Å². The molecule has 2 heteroatoms. The SMILES string of the molecule is C1=NC[Se](c2cccc3ccccc23)=C1. The van der Waals surface area contributed by atoms with Gasteiger partial charge in [0.25, 0.3) is 0 Å². The first-order valence-corrected chi connectivity index (χ1v) is 8.01. The van der Waals surface area contributed by atoms with E-state index in [-0.39, 0.29) is 0 Å². The van der Waals surface area contributed by atoms with Crippen molar-refractivity contribution < 1.29 is 0 Å². The molecule has 0 bridgehead atoms. The molecule has 2 aromatic rings. The van der Waals surface area contributed by atoms with Gasteiger partial charge in [-0.15, -0.1) is 0 Å². The van der Waals surface area contributed by atoms with Crippen LogP contribution < -0.4 is 4.46 Å². The molecule has 3 rings (SSSR count). The summed E-state index contributed by atoms with van der Waals surface area (Å²) in [5.74, 6) is 0. The molecule has 0 amide bonds. The van der Waals surface area contributed by atoms with Crippen LogP contribution in [0, 0.1) is 0 Å². The number of fused-ring (bicyclic) bond motifs is 1. The Bertz CT molecular complexity index is 564. The van der Waals surface area contributed by atoms with E-state index in [1.165, 1.54) is 15.2 Å². The van der Waals surface area contributed by atoms with Gasteiger partial charge in [0.05, 0.1) is 0 Å². The molecule has 1 nitrogen and oxygen atoms in total. The molecule has 1 aliphatic rings. The van der Waals surface area contributed by atoms with Gasteiger partial charge in [-0.2, -0.15) is 0 Å². The van der Waals surface area contributed by atoms with Gasteiger partial charge >= 0.3 is 92.7 Å².